The summed E-state index contributed by atoms with van der Waals surface area (Å²) in [6.07, 6.45) is 0.717. The van der Waals surface area contributed by atoms with Gasteiger partial charge in [0.25, 0.3) is 0 Å². The zero-order valence-electron chi connectivity index (χ0n) is 15.5. The largest absolute Gasteiger partial charge is 0.454 e. The molecule has 6 nitrogen and oxygen atoms in total. The van der Waals surface area contributed by atoms with Gasteiger partial charge in [-0.05, 0) is 43.2 Å². The molecule has 0 aliphatic carbocycles. The lowest BCUT2D eigenvalue weighted by Gasteiger charge is -2.20. The van der Waals surface area contributed by atoms with E-state index in [1.54, 1.807) is 23.9 Å². The van der Waals surface area contributed by atoms with Gasteiger partial charge in [0.15, 0.2) is 17.3 Å². The van der Waals surface area contributed by atoms with E-state index in [4.69, 9.17) is 9.47 Å². The van der Waals surface area contributed by atoms with Crippen LogP contribution < -0.4 is 9.47 Å². The van der Waals surface area contributed by atoms with Crippen molar-refractivity contribution in [3.05, 3.63) is 53.6 Å². The predicted octanol–water partition coefficient (Wildman–Crippen LogP) is 3.49. The second-order valence-electron chi connectivity index (χ2n) is 6.75. The number of ketones is 1. The highest BCUT2D eigenvalue weighted by atomic mass is 32.2. The standard InChI is InChI=1S/C20H21NO5S2/c1-14(22)15-2-5-17(6-3-15)28(23,24)21-9-8-20(27-11-10-21)16-4-7-18-19(12-16)26-13-25-18/h2-7,12,20H,8-11,13H2,1H3/t20-/m0/s1. The van der Waals surface area contributed by atoms with Crippen LogP contribution in [0.25, 0.3) is 0 Å². The number of hydrogen-bond donors (Lipinski definition) is 0. The van der Waals surface area contributed by atoms with Gasteiger partial charge >= 0.3 is 0 Å². The fourth-order valence-electron chi connectivity index (χ4n) is 3.38. The molecule has 1 saturated heterocycles. The Morgan fingerprint density at radius 3 is 2.57 bits per heavy atom. The van der Waals surface area contributed by atoms with Crippen molar-refractivity contribution in [2.45, 2.75) is 23.5 Å². The van der Waals surface area contributed by atoms with Gasteiger partial charge in [0.05, 0.1) is 4.90 Å². The van der Waals surface area contributed by atoms with Crippen molar-refractivity contribution in [3.8, 4) is 11.5 Å². The number of carbonyl (C=O) groups is 1. The van der Waals surface area contributed by atoms with Crippen LogP contribution in [0.15, 0.2) is 47.4 Å². The number of rotatable bonds is 4. The Hall–Kier alpha value is -2.03. The molecule has 2 aromatic rings. The van der Waals surface area contributed by atoms with Crippen LogP contribution in [0.4, 0.5) is 0 Å². The van der Waals surface area contributed by atoms with Crippen LogP contribution in [0.3, 0.4) is 0 Å². The maximum atomic E-state index is 13.0. The molecule has 2 aromatic carbocycles. The van der Waals surface area contributed by atoms with E-state index in [2.05, 4.69) is 0 Å². The lowest BCUT2D eigenvalue weighted by atomic mass is 10.1. The first-order valence-corrected chi connectivity index (χ1v) is 11.6. The number of fused-ring (bicyclic) bond motifs is 1. The normalized spacial score (nSPS) is 20.0. The molecule has 0 spiro atoms. The van der Waals surface area contributed by atoms with Gasteiger partial charge in [0, 0.05) is 29.7 Å². The second kappa shape index (κ2) is 7.77. The molecular weight excluding hydrogens is 398 g/mol. The maximum Gasteiger partial charge on any atom is 0.243 e. The number of Topliss-reactive ketones (excluding diaryl/α,β-unsaturated/α-hetero) is 1. The van der Waals surface area contributed by atoms with Crippen molar-refractivity contribution in [2.75, 3.05) is 25.6 Å². The summed E-state index contributed by atoms with van der Waals surface area (Å²) in [4.78, 5) is 11.6. The molecule has 0 N–H and O–H groups in total. The molecule has 0 saturated carbocycles. The Labute approximate surface area is 168 Å². The number of thioether (sulfide) groups is 1. The number of ether oxygens (including phenoxy) is 2. The number of benzene rings is 2. The van der Waals surface area contributed by atoms with E-state index < -0.39 is 10.0 Å². The zero-order valence-corrected chi connectivity index (χ0v) is 17.1. The molecule has 148 valence electrons. The summed E-state index contributed by atoms with van der Waals surface area (Å²) in [5.41, 5.74) is 1.63. The molecule has 0 bridgehead atoms. The third-order valence-corrected chi connectivity index (χ3v) is 8.21. The number of sulfonamides is 1. The number of carbonyl (C=O) groups excluding carboxylic acids is 1. The van der Waals surface area contributed by atoms with Gasteiger partial charge in [-0.15, -0.1) is 0 Å². The van der Waals surface area contributed by atoms with Gasteiger partial charge < -0.3 is 9.47 Å². The van der Waals surface area contributed by atoms with Crippen molar-refractivity contribution < 1.29 is 22.7 Å². The third kappa shape index (κ3) is 3.76. The lowest BCUT2D eigenvalue weighted by molar-refractivity contribution is 0.101. The number of nitrogens with zero attached hydrogens (tertiary/aromatic N) is 1. The molecule has 2 heterocycles. The summed E-state index contributed by atoms with van der Waals surface area (Å²) in [7, 11) is -3.58. The monoisotopic (exact) mass is 419 g/mol. The van der Waals surface area contributed by atoms with E-state index in [-0.39, 0.29) is 22.7 Å². The van der Waals surface area contributed by atoms with Crippen molar-refractivity contribution in [1.29, 1.82) is 0 Å². The molecule has 1 fully saturated rings. The Balaban J connectivity index is 1.49. The molecule has 0 amide bonds. The predicted molar refractivity (Wildman–Crippen MR) is 108 cm³/mol. The minimum atomic E-state index is -3.58. The molecule has 8 heteroatoms. The highest BCUT2D eigenvalue weighted by Gasteiger charge is 2.29. The summed E-state index contributed by atoms with van der Waals surface area (Å²) in [6, 6.07) is 12.1. The van der Waals surface area contributed by atoms with Crippen LogP contribution in [0, 0.1) is 0 Å². The van der Waals surface area contributed by atoms with Gasteiger partial charge in [-0.25, -0.2) is 8.42 Å². The maximum absolute atomic E-state index is 13.0. The highest BCUT2D eigenvalue weighted by molar-refractivity contribution is 7.99. The topological polar surface area (TPSA) is 72.9 Å². The first kappa shape index (κ1) is 19.3. The SMILES string of the molecule is CC(=O)c1ccc(S(=O)(=O)N2CCS[C@H](c3ccc4c(c3)OCO4)CC2)cc1. The molecule has 4 rings (SSSR count). The summed E-state index contributed by atoms with van der Waals surface area (Å²) < 4.78 is 38.4. The quantitative estimate of drug-likeness (QED) is 0.707. The van der Waals surface area contributed by atoms with Gasteiger partial charge in [0.1, 0.15) is 0 Å². The van der Waals surface area contributed by atoms with E-state index in [9.17, 15) is 13.2 Å². The fraction of sp³-hybridized carbons (Fsp3) is 0.350. The van der Waals surface area contributed by atoms with E-state index >= 15 is 0 Å². The van der Waals surface area contributed by atoms with E-state index in [1.807, 2.05) is 18.2 Å². The van der Waals surface area contributed by atoms with Gasteiger partial charge in [-0.1, -0.05) is 18.2 Å². The van der Waals surface area contributed by atoms with Crippen LogP contribution in [-0.2, 0) is 10.0 Å². The number of hydrogen-bond acceptors (Lipinski definition) is 6. The first-order chi connectivity index (χ1) is 13.4. The fourth-order valence-corrected chi connectivity index (χ4v) is 6.17. The van der Waals surface area contributed by atoms with Gasteiger partial charge in [-0.3, -0.25) is 4.79 Å². The Morgan fingerprint density at radius 1 is 1.07 bits per heavy atom. The first-order valence-electron chi connectivity index (χ1n) is 9.07. The van der Waals surface area contributed by atoms with Crippen LogP contribution in [0.2, 0.25) is 0 Å². The molecule has 2 aliphatic rings. The molecular formula is C20H21NO5S2. The van der Waals surface area contributed by atoms with Crippen LogP contribution in [0.5, 0.6) is 11.5 Å². The molecule has 1 atom stereocenters. The molecule has 2 aliphatic heterocycles. The average Bonchev–Trinajstić information content (AvgIpc) is 3.01. The van der Waals surface area contributed by atoms with E-state index in [0.717, 1.165) is 23.5 Å². The molecule has 28 heavy (non-hydrogen) atoms. The van der Waals surface area contributed by atoms with Crippen molar-refractivity contribution >= 4 is 27.6 Å². The summed E-state index contributed by atoms with van der Waals surface area (Å²) in [5.74, 6) is 2.13. The van der Waals surface area contributed by atoms with Crippen molar-refractivity contribution in [1.82, 2.24) is 4.31 Å². The van der Waals surface area contributed by atoms with Crippen LogP contribution in [-0.4, -0.2) is 44.1 Å². The van der Waals surface area contributed by atoms with Crippen LogP contribution >= 0.6 is 11.8 Å². The Morgan fingerprint density at radius 2 is 1.82 bits per heavy atom. The van der Waals surface area contributed by atoms with E-state index in [0.29, 0.717) is 24.4 Å². The smallest absolute Gasteiger partial charge is 0.243 e. The van der Waals surface area contributed by atoms with Gasteiger partial charge in [-0.2, -0.15) is 16.1 Å². The summed E-state index contributed by atoms with van der Waals surface area (Å²) in [6.45, 7) is 2.61. The van der Waals surface area contributed by atoms with Crippen LogP contribution in [0.1, 0.15) is 34.5 Å². The minimum absolute atomic E-state index is 0.0818. The summed E-state index contributed by atoms with van der Waals surface area (Å²) >= 11 is 1.76. The Kier molecular flexibility index (Phi) is 5.35. The third-order valence-electron chi connectivity index (χ3n) is 4.97. The second-order valence-corrected chi connectivity index (χ2v) is 9.99. The summed E-state index contributed by atoms with van der Waals surface area (Å²) in [5, 5.41) is 0.204. The molecule has 0 unspecified atom stereocenters. The van der Waals surface area contributed by atoms with E-state index in [1.165, 1.54) is 23.4 Å². The highest BCUT2D eigenvalue weighted by Crippen LogP contribution is 2.40. The lowest BCUT2D eigenvalue weighted by Crippen LogP contribution is -2.33. The minimum Gasteiger partial charge on any atom is -0.454 e. The molecule has 0 aromatic heterocycles. The van der Waals surface area contributed by atoms with Crippen molar-refractivity contribution in [3.63, 3.8) is 0 Å². The zero-order chi connectivity index (χ0) is 19.7. The van der Waals surface area contributed by atoms with Gasteiger partial charge in [0.2, 0.25) is 16.8 Å². The average molecular weight is 420 g/mol. The Bertz CT molecular complexity index is 988. The van der Waals surface area contributed by atoms with Crippen molar-refractivity contribution in [2.24, 2.45) is 0 Å². The molecule has 0 radical (unpaired) electrons.